The molecule has 178 valence electrons. The van der Waals surface area contributed by atoms with Gasteiger partial charge in [-0.25, -0.2) is 4.68 Å². The van der Waals surface area contributed by atoms with Crippen LogP contribution in [0.4, 0.5) is 5.69 Å². The Morgan fingerprint density at radius 1 is 0.886 bits per heavy atom. The van der Waals surface area contributed by atoms with Gasteiger partial charge in [0, 0.05) is 31.7 Å². The van der Waals surface area contributed by atoms with E-state index >= 15 is 0 Å². The molecular formula is C26H25ClN6O2. The minimum atomic E-state index is -0.117. The summed E-state index contributed by atoms with van der Waals surface area (Å²) < 4.78 is 1.85. The minimum absolute atomic E-state index is 0.00271. The van der Waals surface area contributed by atoms with E-state index < -0.39 is 0 Å². The molecule has 0 saturated carbocycles. The number of nitrogens with zero attached hydrogens (tertiary/aromatic N) is 5. The van der Waals surface area contributed by atoms with Crippen LogP contribution in [0.1, 0.15) is 15.9 Å². The topological polar surface area (TPSA) is 83.4 Å². The first-order valence-corrected chi connectivity index (χ1v) is 11.9. The average Bonchev–Trinajstić information content (AvgIpc) is 3.29. The van der Waals surface area contributed by atoms with E-state index in [9.17, 15) is 9.59 Å². The van der Waals surface area contributed by atoms with Crippen LogP contribution in [-0.2, 0) is 11.3 Å². The fourth-order valence-corrected chi connectivity index (χ4v) is 4.39. The number of halogens is 1. The number of nitrogens with one attached hydrogen (secondary N) is 1. The van der Waals surface area contributed by atoms with Gasteiger partial charge < -0.3 is 10.2 Å². The smallest absolute Gasteiger partial charge is 0.253 e. The number of piperazine rings is 1. The molecule has 2 amide bonds. The predicted octanol–water partition coefficient (Wildman–Crippen LogP) is 3.53. The first-order chi connectivity index (χ1) is 17.1. The highest BCUT2D eigenvalue weighted by atomic mass is 35.5. The third-order valence-corrected chi connectivity index (χ3v) is 6.46. The number of amides is 2. The fourth-order valence-electron chi connectivity index (χ4n) is 4.21. The number of aromatic nitrogens is 3. The van der Waals surface area contributed by atoms with Crippen LogP contribution < -0.4 is 5.32 Å². The lowest BCUT2D eigenvalue weighted by atomic mass is 10.1. The molecule has 0 bridgehead atoms. The number of anilines is 1. The minimum Gasteiger partial charge on any atom is -0.336 e. The highest BCUT2D eigenvalue weighted by Gasteiger charge is 2.23. The average molecular weight is 489 g/mol. The first-order valence-electron chi connectivity index (χ1n) is 11.5. The third kappa shape index (κ3) is 5.34. The van der Waals surface area contributed by atoms with E-state index in [1.807, 2.05) is 75.1 Å². The molecule has 8 nitrogen and oxygen atoms in total. The number of fused-ring (bicyclic) bond motifs is 1. The summed E-state index contributed by atoms with van der Waals surface area (Å²) >= 11 is 6.11. The van der Waals surface area contributed by atoms with E-state index in [2.05, 4.69) is 15.6 Å². The van der Waals surface area contributed by atoms with Gasteiger partial charge in [-0.3, -0.25) is 14.5 Å². The molecule has 1 aromatic heterocycles. The van der Waals surface area contributed by atoms with Crippen molar-refractivity contribution in [3.63, 3.8) is 0 Å². The highest BCUT2D eigenvalue weighted by molar-refractivity contribution is 6.33. The van der Waals surface area contributed by atoms with Crippen molar-refractivity contribution in [3.05, 3.63) is 88.9 Å². The van der Waals surface area contributed by atoms with Gasteiger partial charge in [-0.05, 0) is 42.0 Å². The lowest BCUT2D eigenvalue weighted by Crippen LogP contribution is -2.50. The van der Waals surface area contributed by atoms with E-state index in [1.165, 1.54) is 0 Å². The molecule has 4 aromatic rings. The van der Waals surface area contributed by atoms with Gasteiger partial charge in [0.1, 0.15) is 5.52 Å². The van der Waals surface area contributed by atoms with Crippen molar-refractivity contribution < 1.29 is 9.59 Å². The monoisotopic (exact) mass is 488 g/mol. The Kier molecular flexibility index (Phi) is 6.74. The molecule has 1 fully saturated rings. The third-order valence-electron chi connectivity index (χ3n) is 6.13. The van der Waals surface area contributed by atoms with Gasteiger partial charge in [0.05, 0.1) is 29.3 Å². The second-order valence-electron chi connectivity index (χ2n) is 8.53. The molecule has 0 aliphatic carbocycles. The second-order valence-corrected chi connectivity index (χ2v) is 8.94. The van der Waals surface area contributed by atoms with Crippen molar-refractivity contribution >= 4 is 40.1 Å². The Morgan fingerprint density at radius 2 is 1.60 bits per heavy atom. The molecule has 0 unspecified atom stereocenters. The van der Waals surface area contributed by atoms with Gasteiger partial charge >= 0.3 is 0 Å². The molecule has 1 N–H and O–H groups in total. The van der Waals surface area contributed by atoms with Crippen LogP contribution >= 0.6 is 11.6 Å². The van der Waals surface area contributed by atoms with E-state index in [1.54, 1.807) is 12.1 Å². The Hall–Kier alpha value is -3.75. The second kappa shape index (κ2) is 10.2. The molecule has 1 saturated heterocycles. The first kappa shape index (κ1) is 23.0. The van der Waals surface area contributed by atoms with Crippen LogP contribution in [0.5, 0.6) is 0 Å². The summed E-state index contributed by atoms with van der Waals surface area (Å²) in [6, 6.07) is 22.6. The van der Waals surface area contributed by atoms with Crippen LogP contribution in [0.25, 0.3) is 11.0 Å². The van der Waals surface area contributed by atoms with E-state index in [-0.39, 0.29) is 18.4 Å². The molecule has 0 atom stereocenters. The molecule has 0 spiro atoms. The zero-order valence-electron chi connectivity index (χ0n) is 19.1. The molecule has 5 rings (SSSR count). The Morgan fingerprint density at radius 3 is 2.37 bits per heavy atom. The summed E-state index contributed by atoms with van der Waals surface area (Å²) in [5.41, 5.74) is 4.15. The predicted molar refractivity (Wildman–Crippen MR) is 135 cm³/mol. The van der Waals surface area contributed by atoms with Crippen molar-refractivity contribution in [1.82, 2.24) is 24.8 Å². The van der Waals surface area contributed by atoms with Gasteiger partial charge in [0.15, 0.2) is 0 Å². The van der Waals surface area contributed by atoms with Gasteiger partial charge in [-0.1, -0.05) is 53.2 Å². The molecule has 2 heterocycles. The van der Waals surface area contributed by atoms with E-state index in [0.717, 1.165) is 16.6 Å². The van der Waals surface area contributed by atoms with Crippen molar-refractivity contribution in [3.8, 4) is 0 Å². The molecule has 1 aliphatic heterocycles. The van der Waals surface area contributed by atoms with Crippen LogP contribution in [-0.4, -0.2) is 69.3 Å². The molecule has 9 heteroatoms. The maximum atomic E-state index is 13.0. The summed E-state index contributed by atoms with van der Waals surface area (Å²) in [6.45, 7) is 3.27. The summed E-state index contributed by atoms with van der Waals surface area (Å²) in [6.07, 6.45) is 0. The largest absolute Gasteiger partial charge is 0.336 e. The van der Waals surface area contributed by atoms with Crippen molar-refractivity contribution in [1.29, 1.82) is 0 Å². The van der Waals surface area contributed by atoms with Crippen molar-refractivity contribution in [2.75, 3.05) is 38.0 Å². The summed E-state index contributed by atoms with van der Waals surface area (Å²) in [5.74, 6) is -0.114. The fraction of sp³-hybridized carbons (Fsp3) is 0.231. The van der Waals surface area contributed by atoms with Gasteiger partial charge in [0.25, 0.3) is 5.91 Å². The summed E-state index contributed by atoms with van der Waals surface area (Å²) in [5, 5.41) is 11.8. The lowest BCUT2D eigenvalue weighted by molar-refractivity contribution is -0.117. The number of rotatable bonds is 6. The number of hydrogen-bond donors (Lipinski definition) is 1. The summed E-state index contributed by atoms with van der Waals surface area (Å²) in [7, 11) is 0. The molecule has 35 heavy (non-hydrogen) atoms. The molecule has 1 aliphatic rings. The van der Waals surface area contributed by atoms with Crippen molar-refractivity contribution in [2.24, 2.45) is 0 Å². The quantitative estimate of drug-likeness (QED) is 0.449. The standard InChI is InChI=1S/C26H25ClN6O2/c27-21-5-1-2-6-22(21)28-25(34)18-31-13-15-32(16-14-31)26(35)20-11-9-19(10-12-20)17-33-24-8-4-3-7-23(24)29-30-33/h1-12H,13-18H2,(H,28,34). The van der Waals surface area contributed by atoms with Crippen LogP contribution in [0.15, 0.2) is 72.8 Å². The van der Waals surface area contributed by atoms with Crippen LogP contribution in [0.2, 0.25) is 5.02 Å². The SMILES string of the molecule is O=C(CN1CCN(C(=O)c2ccc(Cn3nnc4ccccc43)cc2)CC1)Nc1ccccc1Cl. The number of para-hydroxylation sites is 2. The zero-order valence-corrected chi connectivity index (χ0v) is 19.9. The Labute approximate surface area is 208 Å². The zero-order chi connectivity index (χ0) is 24.2. The van der Waals surface area contributed by atoms with Gasteiger partial charge in [0.2, 0.25) is 5.91 Å². The number of carbonyl (C=O) groups is 2. The Balaban J connectivity index is 1.13. The maximum absolute atomic E-state index is 13.0. The lowest BCUT2D eigenvalue weighted by Gasteiger charge is -2.34. The molecular weight excluding hydrogens is 464 g/mol. The highest BCUT2D eigenvalue weighted by Crippen LogP contribution is 2.20. The van der Waals surface area contributed by atoms with Crippen LogP contribution in [0.3, 0.4) is 0 Å². The van der Waals surface area contributed by atoms with Gasteiger partial charge in [-0.15, -0.1) is 5.10 Å². The number of benzene rings is 3. The van der Waals surface area contributed by atoms with Gasteiger partial charge in [-0.2, -0.15) is 0 Å². The number of hydrogen-bond acceptors (Lipinski definition) is 5. The van der Waals surface area contributed by atoms with E-state index in [0.29, 0.717) is 49.0 Å². The number of carbonyl (C=O) groups excluding carboxylic acids is 2. The normalized spacial score (nSPS) is 14.3. The van der Waals surface area contributed by atoms with E-state index in [4.69, 9.17) is 11.6 Å². The van der Waals surface area contributed by atoms with Crippen LogP contribution in [0, 0.1) is 0 Å². The molecule has 3 aromatic carbocycles. The molecule has 0 radical (unpaired) electrons. The van der Waals surface area contributed by atoms with Crippen molar-refractivity contribution in [2.45, 2.75) is 6.54 Å². The summed E-state index contributed by atoms with van der Waals surface area (Å²) in [4.78, 5) is 29.3. The maximum Gasteiger partial charge on any atom is 0.253 e. The Bertz CT molecular complexity index is 1350.